The van der Waals surface area contributed by atoms with E-state index >= 15 is 0 Å². The van der Waals surface area contributed by atoms with Crippen molar-refractivity contribution in [1.82, 2.24) is 4.90 Å². The molecule has 0 radical (unpaired) electrons. The SMILES string of the molecule is CCN(C)CCCN(C)c1cc(=S)c1=O. The molecule has 0 aliphatic rings. The number of anilines is 1. The monoisotopic (exact) mass is 226 g/mol. The normalized spacial score (nSPS) is 11.2. The zero-order valence-corrected chi connectivity index (χ0v) is 10.4. The van der Waals surface area contributed by atoms with Crippen molar-refractivity contribution in [2.45, 2.75) is 13.3 Å². The van der Waals surface area contributed by atoms with Crippen molar-refractivity contribution in [3.63, 3.8) is 0 Å². The van der Waals surface area contributed by atoms with Crippen molar-refractivity contribution in [3.05, 3.63) is 20.8 Å². The van der Waals surface area contributed by atoms with E-state index in [0.717, 1.165) is 31.7 Å². The van der Waals surface area contributed by atoms with Crippen LogP contribution < -0.4 is 10.3 Å². The second kappa shape index (κ2) is 5.37. The molecule has 15 heavy (non-hydrogen) atoms. The maximum Gasteiger partial charge on any atom is 0.219 e. The third-order valence-corrected chi connectivity index (χ3v) is 3.01. The van der Waals surface area contributed by atoms with E-state index in [1.807, 2.05) is 11.9 Å². The highest BCUT2D eigenvalue weighted by molar-refractivity contribution is 7.71. The average molecular weight is 226 g/mol. The molecule has 4 heteroatoms. The Bertz CT molecular complexity index is 382. The third kappa shape index (κ3) is 3.11. The molecule has 0 saturated heterocycles. The fraction of sp³-hybridized carbons (Fsp3) is 0.636. The largest absolute Gasteiger partial charge is 0.371 e. The van der Waals surface area contributed by atoms with Gasteiger partial charge in [0.2, 0.25) is 5.43 Å². The summed E-state index contributed by atoms with van der Waals surface area (Å²) in [4.78, 5) is 15.5. The summed E-state index contributed by atoms with van der Waals surface area (Å²) >= 11 is 4.81. The molecule has 0 aliphatic carbocycles. The van der Waals surface area contributed by atoms with E-state index in [0.29, 0.717) is 4.51 Å². The minimum Gasteiger partial charge on any atom is -0.371 e. The van der Waals surface area contributed by atoms with Gasteiger partial charge < -0.3 is 9.80 Å². The maximum atomic E-state index is 11.3. The summed E-state index contributed by atoms with van der Waals surface area (Å²) in [6.45, 7) is 5.17. The molecule has 0 unspecified atom stereocenters. The predicted molar refractivity (Wildman–Crippen MR) is 67.0 cm³/mol. The van der Waals surface area contributed by atoms with Crippen LogP contribution in [0.3, 0.4) is 0 Å². The molecular weight excluding hydrogens is 208 g/mol. The Balaban J connectivity index is 2.32. The molecule has 0 heterocycles. The lowest BCUT2D eigenvalue weighted by Gasteiger charge is -2.21. The highest BCUT2D eigenvalue weighted by atomic mass is 32.1. The molecule has 0 bridgehead atoms. The minimum atomic E-state index is 0.0244. The standard InChI is InChI=1S/C11H18N2OS/c1-4-12(2)6-5-7-13(3)9-8-10(15)11(9)14/h8H,4-7H2,1-3H3. The summed E-state index contributed by atoms with van der Waals surface area (Å²) in [7, 11) is 4.04. The van der Waals surface area contributed by atoms with Gasteiger partial charge in [-0.2, -0.15) is 0 Å². The quantitative estimate of drug-likeness (QED) is 0.685. The lowest BCUT2D eigenvalue weighted by atomic mass is 10.2. The number of hydrogen-bond acceptors (Lipinski definition) is 4. The van der Waals surface area contributed by atoms with Crippen LogP contribution in [-0.4, -0.2) is 38.6 Å². The van der Waals surface area contributed by atoms with Crippen molar-refractivity contribution in [3.8, 4) is 0 Å². The van der Waals surface area contributed by atoms with Crippen molar-refractivity contribution in [2.24, 2.45) is 0 Å². The lowest BCUT2D eigenvalue weighted by Crippen LogP contribution is -2.30. The highest BCUT2D eigenvalue weighted by Gasteiger charge is 2.10. The Kier molecular flexibility index (Phi) is 4.42. The molecule has 0 fully saturated rings. The second-order valence-corrected chi connectivity index (χ2v) is 4.33. The minimum absolute atomic E-state index is 0.0244. The number of nitrogens with zero attached hydrogens (tertiary/aromatic N) is 2. The van der Waals surface area contributed by atoms with Crippen LogP contribution in [-0.2, 0) is 0 Å². The fourth-order valence-corrected chi connectivity index (χ4v) is 1.66. The summed E-state index contributed by atoms with van der Waals surface area (Å²) < 4.78 is 0.461. The van der Waals surface area contributed by atoms with Crippen LogP contribution in [0.4, 0.5) is 5.69 Å². The molecule has 1 aromatic rings. The van der Waals surface area contributed by atoms with Crippen LogP contribution in [0.25, 0.3) is 0 Å². The smallest absolute Gasteiger partial charge is 0.219 e. The predicted octanol–water partition coefficient (Wildman–Crippen LogP) is 1.43. The first-order valence-electron chi connectivity index (χ1n) is 5.26. The number of hydrogen-bond donors (Lipinski definition) is 0. The first kappa shape index (κ1) is 12.3. The molecule has 1 aromatic carbocycles. The van der Waals surface area contributed by atoms with E-state index in [2.05, 4.69) is 18.9 Å². The first-order chi connectivity index (χ1) is 7.06. The Morgan fingerprint density at radius 3 is 2.47 bits per heavy atom. The Hall–Kier alpha value is -0.740. The third-order valence-electron chi connectivity index (χ3n) is 2.71. The van der Waals surface area contributed by atoms with E-state index in [-0.39, 0.29) is 5.43 Å². The summed E-state index contributed by atoms with van der Waals surface area (Å²) in [5, 5.41) is 0. The van der Waals surface area contributed by atoms with Gasteiger partial charge in [0.1, 0.15) is 0 Å². The van der Waals surface area contributed by atoms with Crippen LogP contribution in [0.15, 0.2) is 10.9 Å². The summed E-state index contributed by atoms with van der Waals surface area (Å²) in [6.07, 6.45) is 1.07. The van der Waals surface area contributed by atoms with Crippen molar-refractivity contribution >= 4 is 17.9 Å². The summed E-state index contributed by atoms with van der Waals surface area (Å²) in [6, 6.07) is 1.78. The van der Waals surface area contributed by atoms with Crippen molar-refractivity contribution in [2.75, 3.05) is 38.6 Å². The molecule has 0 atom stereocenters. The van der Waals surface area contributed by atoms with E-state index in [4.69, 9.17) is 12.2 Å². The average Bonchev–Trinajstić information content (AvgIpc) is 2.24. The molecule has 3 nitrogen and oxygen atoms in total. The molecule has 0 saturated carbocycles. The van der Waals surface area contributed by atoms with Gasteiger partial charge in [-0.1, -0.05) is 19.1 Å². The maximum absolute atomic E-state index is 11.3. The fourth-order valence-electron chi connectivity index (χ4n) is 1.44. The highest BCUT2D eigenvalue weighted by Crippen LogP contribution is 2.09. The van der Waals surface area contributed by atoms with Crippen LogP contribution in [0.1, 0.15) is 13.3 Å². The summed E-state index contributed by atoms with van der Waals surface area (Å²) in [5.74, 6) is 0. The molecule has 0 N–H and O–H groups in total. The van der Waals surface area contributed by atoms with E-state index < -0.39 is 0 Å². The van der Waals surface area contributed by atoms with Gasteiger partial charge in [0.15, 0.2) is 0 Å². The molecule has 0 spiro atoms. The van der Waals surface area contributed by atoms with Gasteiger partial charge in [0.25, 0.3) is 0 Å². The van der Waals surface area contributed by atoms with Crippen LogP contribution in [0.2, 0.25) is 0 Å². The van der Waals surface area contributed by atoms with Crippen LogP contribution in [0, 0.1) is 4.51 Å². The molecule has 0 aromatic heterocycles. The molecule has 1 rings (SSSR count). The molecule has 0 aliphatic heterocycles. The summed E-state index contributed by atoms with van der Waals surface area (Å²) in [5.41, 5.74) is 0.787. The topological polar surface area (TPSA) is 23.6 Å². The first-order valence-corrected chi connectivity index (χ1v) is 5.67. The Labute approximate surface area is 96.0 Å². The van der Waals surface area contributed by atoms with Crippen molar-refractivity contribution in [1.29, 1.82) is 0 Å². The number of rotatable bonds is 6. The van der Waals surface area contributed by atoms with Gasteiger partial charge in [0, 0.05) is 13.6 Å². The van der Waals surface area contributed by atoms with Gasteiger partial charge in [-0.05, 0) is 32.6 Å². The zero-order valence-electron chi connectivity index (χ0n) is 9.62. The Morgan fingerprint density at radius 2 is 2.00 bits per heavy atom. The van der Waals surface area contributed by atoms with Gasteiger partial charge in [-0.25, -0.2) is 0 Å². The van der Waals surface area contributed by atoms with Gasteiger partial charge in [0.05, 0.1) is 10.2 Å². The van der Waals surface area contributed by atoms with E-state index in [1.54, 1.807) is 6.07 Å². The van der Waals surface area contributed by atoms with E-state index in [9.17, 15) is 4.79 Å². The van der Waals surface area contributed by atoms with Gasteiger partial charge >= 0.3 is 0 Å². The van der Waals surface area contributed by atoms with Crippen molar-refractivity contribution < 1.29 is 0 Å². The van der Waals surface area contributed by atoms with Crippen LogP contribution in [0.5, 0.6) is 0 Å². The molecular formula is C11H18N2OS. The Morgan fingerprint density at radius 1 is 1.33 bits per heavy atom. The van der Waals surface area contributed by atoms with Gasteiger partial charge in [-0.15, -0.1) is 0 Å². The zero-order chi connectivity index (χ0) is 11.4. The molecule has 84 valence electrons. The molecule has 0 amide bonds. The lowest BCUT2D eigenvalue weighted by molar-refractivity contribution is 0.349. The van der Waals surface area contributed by atoms with Crippen LogP contribution >= 0.6 is 12.2 Å². The second-order valence-electron chi connectivity index (χ2n) is 3.89. The van der Waals surface area contributed by atoms with E-state index in [1.165, 1.54) is 0 Å². The van der Waals surface area contributed by atoms with Gasteiger partial charge in [-0.3, -0.25) is 4.79 Å².